The summed E-state index contributed by atoms with van der Waals surface area (Å²) < 4.78 is 5.68. The number of benzene rings is 1. The first-order valence-electron chi connectivity index (χ1n) is 8.24. The monoisotopic (exact) mass is 330 g/mol. The molecule has 1 amide bonds. The summed E-state index contributed by atoms with van der Waals surface area (Å²) in [5.41, 5.74) is 1.56. The van der Waals surface area contributed by atoms with Gasteiger partial charge in [-0.2, -0.15) is 0 Å². The molecule has 128 valence electrons. The van der Waals surface area contributed by atoms with Gasteiger partial charge < -0.3 is 14.8 Å². The number of carboxylic acid groups (broad SMARTS) is 1. The molecule has 1 heterocycles. The van der Waals surface area contributed by atoms with Crippen molar-refractivity contribution in [2.24, 2.45) is 0 Å². The molecule has 0 aliphatic heterocycles. The number of furan rings is 1. The smallest absolute Gasteiger partial charge is 0.317 e. The van der Waals surface area contributed by atoms with E-state index < -0.39 is 5.97 Å². The molecule has 0 radical (unpaired) electrons. The van der Waals surface area contributed by atoms with Crippen molar-refractivity contribution in [3.05, 3.63) is 35.6 Å². The molecular weight excluding hydrogens is 308 g/mol. The van der Waals surface area contributed by atoms with Crippen molar-refractivity contribution in [3.8, 4) is 0 Å². The Morgan fingerprint density at radius 3 is 2.67 bits per heavy atom. The van der Waals surface area contributed by atoms with Crippen LogP contribution in [0.25, 0.3) is 11.0 Å². The predicted molar refractivity (Wildman–Crippen MR) is 90.1 cm³/mol. The van der Waals surface area contributed by atoms with Gasteiger partial charge in [0.25, 0.3) is 5.91 Å². The minimum absolute atomic E-state index is 0.0461. The SMILES string of the molecule is CCN(CC(=O)O)C1CC(NC(=O)c2oc3ccccc3c2C)C1. The number of aliphatic carboxylic acids is 1. The Bertz CT molecular complexity index is 761. The number of fused-ring (bicyclic) bond motifs is 1. The lowest BCUT2D eigenvalue weighted by molar-refractivity contribution is -0.139. The van der Waals surface area contributed by atoms with Gasteiger partial charge in [-0.15, -0.1) is 0 Å². The number of carbonyl (C=O) groups excluding carboxylic acids is 1. The van der Waals surface area contributed by atoms with Crippen LogP contribution in [0.5, 0.6) is 0 Å². The molecule has 0 atom stereocenters. The highest BCUT2D eigenvalue weighted by Gasteiger charge is 2.35. The highest BCUT2D eigenvalue weighted by atomic mass is 16.4. The Kier molecular flexibility index (Phi) is 4.57. The van der Waals surface area contributed by atoms with Crippen LogP contribution in [-0.2, 0) is 4.79 Å². The van der Waals surface area contributed by atoms with E-state index in [1.807, 2.05) is 43.0 Å². The molecule has 0 unspecified atom stereocenters. The minimum Gasteiger partial charge on any atom is -0.480 e. The van der Waals surface area contributed by atoms with Crippen LogP contribution in [0.4, 0.5) is 0 Å². The lowest BCUT2D eigenvalue weighted by Gasteiger charge is -2.42. The van der Waals surface area contributed by atoms with Crippen molar-refractivity contribution in [1.29, 1.82) is 0 Å². The van der Waals surface area contributed by atoms with Crippen molar-refractivity contribution in [3.63, 3.8) is 0 Å². The molecule has 2 aromatic rings. The number of rotatable bonds is 6. The van der Waals surface area contributed by atoms with Gasteiger partial charge in [0.15, 0.2) is 5.76 Å². The van der Waals surface area contributed by atoms with E-state index in [2.05, 4.69) is 5.32 Å². The van der Waals surface area contributed by atoms with Crippen LogP contribution < -0.4 is 5.32 Å². The second-order valence-corrected chi connectivity index (χ2v) is 6.30. The summed E-state index contributed by atoms with van der Waals surface area (Å²) in [7, 11) is 0. The molecule has 24 heavy (non-hydrogen) atoms. The molecule has 3 rings (SSSR count). The van der Waals surface area contributed by atoms with Crippen LogP contribution in [0, 0.1) is 6.92 Å². The molecule has 0 bridgehead atoms. The number of aryl methyl sites for hydroxylation is 1. The summed E-state index contributed by atoms with van der Waals surface area (Å²) in [6.45, 7) is 4.58. The number of para-hydroxylation sites is 1. The fourth-order valence-electron chi connectivity index (χ4n) is 3.32. The van der Waals surface area contributed by atoms with Gasteiger partial charge in [-0.1, -0.05) is 25.1 Å². The third kappa shape index (κ3) is 3.14. The van der Waals surface area contributed by atoms with E-state index in [-0.39, 0.29) is 24.5 Å². The number of likely N-dealkylation sites (N-methyl/N-ethyl adjacent to an activating group) is 1. The Morgan fingerprint density at radius 2 is 2.04 bits per heavy atom. The molecule has 1 aromatic heterocycles. The highest BCUT2D eigenvalue weighted by molar-refractivity contribution is 5.99. The Balaban J connectivity index is 1.60. The maximum absolute atomic E-state index is 12.4. The maximum Gasteiger partial charge on any atom is 0.317 e. The normalized spacial score (nSPS) is 20.1. The first kappa shape index (κ1) is 16.5. The molecule has 1 fully saturated rings. The predicted octanol–water partition coefficient (Wildman–Crippen LogP) is 2.41. The van der Waals surface area contributed by atoms with E-state index in [9.17, 15) is 9.59 Å². The maximum atomic E-state index is 12.4. The topological polar surface area (TPSA) is 82.8 Å². The van der Waals surface area contributed by atoms with Crippen LogP contribution in [0.15, 0.2) is 28.7 Å². The summed E-state index contributed by atoms with van der Waals surface area (Å²) in [6, 6.07) is 7.88. The number of hydrogen-bond acceptors (Lipinski definition) is 4. The standard InChI is InChI=1S/C18H22N2O4/c1-3-20(10-16(21)22)13-8-12(9-13)19-18(23)17-11(2)14-6-4-5-7-15(14)24-17/h4-7,12-13H,3,8-10H2,1-2H3,(H,19,23)(H,21,22). The number of nitrogens with zero attached hydrogens (tertiary/aromatic N) is 1. The molecule has 2 N–H and O–H groups in total. The fraction of sp³-hybridized carbons (Fsp3) is 0.444. The van der Waals surface area contributed by atoms with Gasteiger partial charge in [0.1, 0.15) is 5.58 Å². The van der Waals surface area contributed by atoms with Crippen molar-refractivity contribution in [2.75, 3.05) is 13.1 Å². The van der Waals surface area contributed by atoms with Crippen LogP contribution in [0.3, 0.4) is 0 Å². The molecule has 1 saturated carbocycles. The van der Waals surface area contributed by atoms with Crippen LogP contribution in [0.2, 0.25) is 0 Å². The zero-order chi connectivity index (χ0) is 17.3. The van der Waals surface area contributed by atoms with Crippen LogP contribution in [0.1, 0.15) is 35.9 Å². The summed E-state index contributed by atoms with van der Waals surface area (Å²) >= 11 is 0. The van der Waals surface area contributed by atoms with Gasteiger partial charge in [0.2, 0.25) is 0 Å². The Hall–Kier alpha value is -2.34. The molecule has 6 heteroatoms. The number of amides is 1. The molecule has 6 nitrogen and oxygen atoms in total. The average molecular weight is 330 g/mol. The second kappa shape index (κ2) is 6.65. The summed E-state index contributed by atoms with van der Waals surface area (Å²) in [4.78, 5) is 25.2. The third-order valence-electron chi connectivity index (χ3n) is 4.76. The number of carbonyl (C=O) groups is 2. The zero-order valence-corrected chi connectivity index (χ0v) is 13.9. The van der Waals surface area contributed by atoms with Crippen LogP contribution in [-0.4, -0.2) is 47.1 Å². The van der Waals surface area contributed by atoms with E-state index in [4.69, 9.17) is 9.52 Å². The summed E-state index contributed by atoms with van der Waals surface area (Å²) in [6.07, 6.45) is 1.54. The zero-order valence-electron chi connectivity index (χ0n) is 13.9. The first-order chi connectivity index (χ1) is 11.5. The van der Waals surface area contributed by atoms with Gasteiger partial charge >= 0.3 is 5.97 Å². The lowest BCUT2D eigenvalue weighted by Crippen LogP contribution is -2.54. The number of hydrogen-bond donors (Lipinski definition) is 2. The molecule has 1 aromatic carbocycles. The van der Waals surface area contributed by atoms with Crippen LogP contribution >= 0.6 is 0 Å². The van der Waals surface area contributed by atoms with E-state index in [0.29, 0.717) is 17.9 Å². The van der Waals surface area contributed by atoms with Crippen molar-refractivity contribution >= 4 is 22.8 Å². The van der Waals surface area contributed by atoms with E-state index in [1.54, 1.807) is 0 Å². The van der Waals surface area contributed by atoms with Gasteiger partial charge in [-0.05, 0) is 32.4 Å². The van der Waals surface area contributed by atoms with E-state index in [0.717, 1.165) is 23.8 Å². The van der Waals surface area contributed by atoms with Gasteiger partial charge in [0.05, 0.1) is 6.54 Å². The second-order valence-electron chi connectivity index (χ2n) is 6.30. The number of nitrogens with one attached hydrogen (secondary N) is 1. The first-order valence-corrected chi connectivity index (χ1v) is 8.24. The third-order valence-corrected chi connectivity index (χ3v) is 4.76. The lowest BCUT2D eigenvalue weighted by atomic mass is 9.85. The fourth-order valence-corrected chi connectivity index (χ4v) is 3.32. The van der Waals surface area contributed by atoms with Gasteiger partial charge in [-0.25, -0.2) is 0 Å². The van der Waals surface area contributed by atoms with E-state index >= 15 is 0 Å². The largest absolute Gasteiger partial charge is 0.480 e. The molecular formula is C18H22N2O4. The summed E-state index contributed by atoms with van der Waals surface area (Å²) in [5.74, 6) is -0.659. The van der Waals surface area contributed by atoms with Gasteiger partial charge in [-0.3, -0.25) is 14.5 Å². The average Bonchev–Trinajstić information content (AvgIpc) is 2.86. The van der Waals surface area contributed by atoms with Crippen molar-refractivity contribution in [1.82, 2.24) is 10.2 Å². The van der Waals surface area contributed by atoms with Gasteiger partial charge in [0, 0.05) is 23.0 Å². The van der Waals surface area contributed by atoms with Crippen molar-refractivity contribution < 1.29 is 19.1 Å². The molecule has 1 aliphatic carbocycles. The highest BCUT2D eigenvalue weighted by Crippen LogP contribution is 2.28. The number of carboxylic acids is 1. The molecule has 1 aliphatic rings. The Morgan fingerprint density at radius 1 is 1.33 bits per heavy atom. The van der Waals surface area contributed by atoms with Crippen molar-refractivity contribution in [2.45, 2.75) is 38.8 Å². The Labute approximate surface area is 140 Å². The minimum atomic E-state index is -0.817. The quantitative estimate of drug-likeness (QED) is 0.850. The molecule has 0 spiro atoms. The molecule has 0 saturated heterocycles. The van der Waals surface area contributed by atoms with E-state index in [1.165, 1.54) is 0 Å². The summed E-state index contributed by atoms with van der Waals surface area (Å²) in [5, 5.41) is 12.9.